The fraction of sp³-hybridized carbons (Fsp3) is 0.625. The molecule has 1 aliphatic carbocycles. The van der Waals surface area contributed by atoms with Crippen LogP contribution in [0.4, 0.5) is 0 Å². The molecule has 0 saturated heterocycles. The molecule has 0 radical (unpaired) electrons. The van der Waals surface area contributed by atoms with Gasteiger partial charge in [0.05, 0.1) is 0 Å². The van der Waals surface area contributed by atoms with E-state index >= 15 is 0 Å². The number of benzene rings is 1. The van der Waals surface area contributed by atoms with Crippen molar-refractivity contribution in [3.63, 3.8) is 0 Å². The van der Waals surface area contributed by atoms with Crippen LogP contribution in [0.3, 0.4) is 0 Å². The van der Waals surface area contributed by atoms with Gasteiger partial charge in [-0.15, -0.1) is 0 Å². The first kappa shape index (κ1) is 16.0. The molecule has 4 N–H and O–H groups in total. The highest BCUT2D eigenvalue weighted by Crippen LogP contribution is 2.31. The Balaban J connectivity index is 2.15. The van der Waals surface area contributed by atoms with E-state index in [1.807, 2.05) is 0 Å². The van der Waals surface area contributed by atoms with Gasteiger partial charge in [0.15, 0.2) is 0 Å². The van der Waals surface area contributed by atoms with E-state index in [4.69, 9.17) is 10.8 Å². The lowest BCUT2D eigenvalue weighted by molar-refractivity contribution is 0.212. The molecular formula is C16H25BrN2O. The molecule has 20 heavy (non-hydrogen) atoms. The molecular weight excluding hydrogens is 316 g/mol. The van der Waals surface area contributed by atoms with Crippen LogP contribution in [0.25, 0.3) is 0 Å². The summed E-state index contributed by atoms with van der Waals surface area (Å²) in [5, 5.41) is 12.9. The number of aliphatic hydroxyl groups is 1. The minimum absolute atomic E-state index is 0.0172. The third-order valence-corrected chi connectivity index (χ3v) is 4.93. The van der Waals surface area contributed by atoms with E-state index < -0.39 is 0 Å². The summed E-state index contributed by atoms with van der Waals surface area (Å²) in [6.45, 7) is 3.03. The standard InChI is InChI=1S/C16H25BrN2O/c1-2-15(6-8-20)19-16(11-18)7-5-12-9-14(17)4-3-13(12)10-16/h3-4,9,15,19-20H,2,5-8,10-11,18H2,1H3. The minimum Gasteiger partial charge on any atom is -0.396 e. The van der Waals surface area contributed by atoms with Crippen LogP contribution in [0.1, 0.15) is 37.3 Å². The Labute approximate surface area is 130 Å². The van der Waals surface area contributed by atoms with Crippen molar-refractivity contribution in [3.8, 4) is 0 Å². The number of aliphatic hydroxyl groups excluding tert-OH is 1. The Kier molecular flexibility index (Phi) is 5.61. The number of aryl methyl sites for hydroxylation is 1. The quantitative estimate of drug-likeness (QED) is 0.745. The maximum atomic E-state index is 9.17. The average molecular weight is 341 g/mol. The number of hydrogen-bond acceptors (Lipinski definition) is 3. The molecule has 4 heteroatoms. The van der Waals surface area contributed by atoms with E-state index in [0.29, 0.717) is 12.6 Å². The molecule has 0 aromatic heterocycles. The van der Waals surface area contributed by atoms with Gasteiger partial charge in [0.2, 0.25) is 0 Å². The first-order valence-corrected chi connectivity index (χ1v) is 8.27. The van der Waals surface area contributed by atoms with Crippen molar-refractivity contribution in [2.75, 3.05) is 13.2 Å². The SMILES string of the molecule is CCC(CCO)NC1(CN)CCc2cc(Br)ccc2C1. The van der Waals surface area contributed by atoms with Gasteiger partial charge in [0, 0.05) is 29.2 Å². The van der Waals surface area contributed by atoms with Gasteiger partial charge >= 0.3 is 0 Å². The number of hydrogen-bond donors (Lipinski definition) is 3. The smallest absolute Gasteiger partial charge is 0.0445 e. The molecule has 2 rings (SSSR count). The zero-order valence-electron chi connectivity index (χ0n) is 12.2. The van der Waals surface area contributed by atoms with Crippen LogP contribution in [0.2, 0.25) is 0 Å². The Morgan fingerprint density at radius 2 is 2.25 bits per heavy atom. The van der Waals surface area contributed by atoms with Crippen LogP contribution in [0, 0.1) is 0 Å². The maximum absolute atomic E-state index is 9.17. The fourth-order valence-corrected chi connectivity index (χ4v) is 3.56. The van der Waals surface area contributed by atoms with Gasteiger partial charge in [-0.2, -0.15) is 0 Å². The molecule has 2 unspecified atom stereocenters. The van der Waals surface area contributed by atoms with Gasteiger partial charge in [0.25, 0.3) is 0 Å². The molecule has 0 saturated carbocycles. The van der Waals surface area contributed by atoms with E-state index in [-0.39, 0.29) is 12.1 Å². The van der Waals surface area contributed by atoms with Crippen molar-refractivity contribution in [2.24, 2.45) is 5.73 Å². The predicted octanol–water partition coefficient (Wildman–Crippen LogP) is 2.39. The molecule has 1 aromatic rings. The summed E-state index contributed by atoms with van der Waals surface area (Å²) in [6.07, 6.45) is 4.93. The molecule has 0 bridgehead atoms. The molecule has 1 aliphatic rings. The maximum Gasteiger partial charge on any atom is 0.0445 e. The Morgan fingerprint density at radius 1 is 1.45 bits per heavy atom. The molecule has 2 atom stereocenters. The average Bonchev–Trinajstić information content (AvgIpc) is 2.47. The van der Waals surface area contributed by atoms with Gasteiger partial charge < -0.3 is 16.2 Å². The summed E-state index contributed by atoms with van der Waals surface area (Å²) in [4.78, 5) is 0. The highest BCUT2D eigenvalue weighted by molar-refractivity contribution is 9.10. The lowest BCUT2D eigenvalue weighted by Gasteiger charge is -2.41. The lowest BCUT2D eigenvalue weighted by atomic mass is 9.77. The highest BCUT2D eigenvalue weighted by atomic mass is 79.9. The monoisotopic (exact) mass is 340 g/mol. The Morgan fingerprint density at radius 3 is 2.90 bits per heavy atom. The van der Waals surface area contributed by atoms with Crippen molar-refractivity contribution in [2.45, 2.75) is 50.6 Å². The largest absolute Gasteiger partial charge is 0.396 e. The summed E-state index contributed by atoms with van der Waals surface area (Å²) in [5.41, 5.74) is 8.90. The fourth-order valence-electron chi connectivity index (χ4n) is 3.15. The first-order valence-electron chi connectivity index (χ1n) is 7.48. The third-order valence-electron chi connectivity index (χ3n) is 4.44. The van der Waals surface area contributed by atoms with E-state index in [0.717, 1.165) is 36.6 Å². The second kappa shape index (κ2) is 7.03. The zero-order chi connectivity index (χ0) is 14.6. The van der Waals surface area contributed by atoms with Gasteiger partial charge in [-0.1, -0.05) is 28.9 Å². The van der Waals surface area contributed by atoms with E-state index in [1.165, 1.54) is 11.1 Å². The van der Waals surface area contributed by atoms with Gasteiger partial charge in [0.1, 0.15) is 0 Å². The minimum atomic E-state index is -0.0172. The molecule has 112 valence electrons. The summed E-state index contributed by atoms with van der Waals surface area (Å²) >= 11 is 3.54. The van der Waals surface area contributed by atoms with Crippen LogP contribution in [-0.4, -0.2) is 29.8 Å². The van der Waals surface area contributed by atoms with Crippen molar-refractivity contribution in [1.82, 2.24) is 5.32 Å². The van der Waals surface area contributed by atoms with Crippen LogP contribution in [0.5, 0.6) is 0 Å². The number of halogens is 1. The van der Waals surface area contributed by atoms with E-state index in [9.17, 15) is 0 Å². The van der Waals surface area contributed by atoms with Gasteiger partial charge in [-0.3, -0.25) is 0 Å². The topological polar surface area (TPSA) is 58.3 Å². The number of nitrogens with two attached hydrogens (primary N) is 1. The molecule has 3 nitrogen and oxygen atoms in total. The summed E-state index contributed by atoms with van der Waals surface area (Å²) in [5.74, 6) is 0. The molecule has 1 aromatic carbocycles. The highest BCUT2D eigenvalue weighted by Gasteiger charge is 2.34. The second-order valence-electron chi connectivity index (χ2n) is 5.84. The van der Waals surface area contributed by atoms with Crippen LogP contribution < -0.4 is 11.1 Å². The molecule has 0 fully saturated rings. The Bertz CT molecular complexity index is 452. The van der Waals surface area contributed by atoms with Gasteiger partial charge in [-0.25, -0.2) is 0 Å². The molecule has 0 heterocycles. The molecule has 0 aliphatic heterocycles. The van der Waals surface area contributed by atoms with Crippen LogP contribution in [-0.2, 0) is 12.8 Å². The second-order valence-corrected chi connectivity index (χ2v) is 6.75. The summed E-state index contributed by atoms with van der Waals surface area (Å²) in [6, 6.07) is 6.88. The zero-order valence-corrected chi connectivity index (χ0v) is 13.7. The molecule has 0 spiro atoms. The van der Waals surface area contributed by atoms with E-state index in [1.54, 1.807) is 0 Å². The molecule has 0 amide bonds. The third kappa shape index (κ3) is 3.61. The number of nitrogens with one attached hydrogen (secondary N) is 1. The summed E-state index contributed by atoms with van der Waals surface area (Å²) in [7, 11) is 0. The van der Waals surface area contributed by atoms with Crippen LogP contribution in [0.15, 0.2) is 22.7 Å². The number of rotatable bonds is 6. The first-order chi connectivity index (χ1) is 9.62. The van der Waals surface area contributed by atoms with Crippen molar-refractivity contribution in [3.05, 3.63) is 33.8 Å². The normalized spacial score (nSPS) is 23.4. The number of fused-ring (bicyclic) bond motifs is 1. The van der Waals surface area contributed by atoms with Crippen molar-refractivity contribution >= 4 is 15.9 Å². The lowest BCUT2D eigenvalue weighted by Crippen LogP contribution is -2.58. The van der Waals surface area contributed by atoms with Crippen molar-refractivity contribution < 1.29 is 5.11 Å². The predicted molar refractivity (Wildman–Crippen MR) is 86.9 cm³/mol. The summed E-state index contributed by atoms with van der Waals surface area (Å²) < 4.78 is 1.15. The van der Waals surface area contributed by atoms with E-state index in [2.05, 4.69) is 46.4 Å². The van der Waals surface area contributed by atoms with Crippen molar-refractivity contribution in [1.29, 1.82) is 0 Å². The Hall–Kier alpha value is -0.420. The van der Waals surface area contributed by atoms with Crippen LogP contribution >= 0.6 is 15.9 Å². The van der Waals surface area contributed by atoms with Gasteiger partial charge in [-0.05, 0) is 55.4 Å².